The molecule has 3 aromatic rings. The van der Waals surface area contributed by atoms with Gasteiger partial charge in [-0.05, 0) is 23.3 Å². The SMILES string of the molecule is NCc1ccccc1Cn1nnc2ccccc21. The zero-order chi connectivity index (χ0) is 12.4. The predicted molar refractivity (Wildman–Crippen MR) is 71.0 cm³/mol. The molecule has 0 amide bonds. The van der Waals surface area contributed by atoms with Crippen molar-refractivity contribution in [3.8, 4) is 0 Å². The third-order valence-corrected chi connectivity index (χ3v) is 3.08. The Kier molecular flexibility index (Phi) is 2.78. The van der Waals surface area contributed by atoms with Crippen molar-refractivity contribution in [1.29, 1.82) is 0 Å². The third kappa shape index (κ3) is 1.87. The average molecular weight is 238 g/mol. The number of hydrogen-bond donors (Lipinski definition) is 1. The summed E-state index contributed by atoms with van der Waals surface area (Å²) in [6.45, 7) is 1.25. The molecule has 0 aliphatic rings. The van der Waals surface area contributed by atoms with Crippen molar-refractivity contribution in [2.24, 2.45) is 5.73 Å². The van der Waals surface area contributed by atoms with E-state index in [-0.39, 0.29) is 0 Å². The molecular weight excluding hydrogens is 224 g/mol. The third-order valence-electron chi connectivity index (χ3n) is 3.08. The van der Waals surface area contributed by atoms with Crippen molar-refractivity contribution >= 4 is 11.0 Å². The lowest BCUT2D eigenvalue weighted by Crippen LogP contribution is -2.07. The Hall–Kier alpha value is -2.20. The maximum Gasteiger partial charge on any atom is 0.113 e. The number of nitrogens with zero attached hydrogens (tertiary/aromatic N) is 3. The van der Waals surface area contributed by atoms with Gasteiger partial charge in [0.25, 0.3) is 0 Å². The van der Waals surface area contributed by atoms with E-state index in [1.54, 1.807) is 0 Å². The molecule has 0 saturated heterocycles. The van der Waals surface area contributed by atoms with E-state index in [1.165, 1.54) is 5.56 Å². The Bertz CT molecular complexity index is 672. The lowest BCUT2D eigenvalue weighted by atomic mass is 10.1. The number of para-hydroxylation sites is 1. The van der Waals surface area contributed by atoms with Crippen LogP contribution in [0.25, 0.3) is 11.0 Å². The maximum absolute atomic E-state index is 5.75. The van der Waals surface area contributed by atoms with E-state index < -0.39 is 0 Å². The number of fused-ring (bicyclic) bond motifs is 1. The molecule has 90 valence electrons. The number of aromatic nitrogens is 3. The molecule has 1 aromatic heterocycles. The first-order chi connectivity index (χ1) is 8.88. The summed E-state index contributed by atoms with van der Waals surface area (Å²) < 4.78 is 1.91. The maximum atomic E-state index is 5.75. The highest BCUT2D eigenvalue weighted by Gasteiger charge is 2.06. The molecule has 0 unspecified atom stereocenters. The van der Waals surface area contributed by atoms with Crippen LogP contribution in [0.3, 0.4) is 0 Å². The molecule has 0 aliphatic carbocycles. The summed E-state index contributed by atoms with van der Waals surface area (Å²) in [6.07, 6.45) is 0. The normalized spacial score (nSPS) is 10.9. The monoisotopic (exact) mass is 238 g/mol. The quantitative estimate of drug-likeness (QED) is 0.758. The highest BCUT2D eigenvalue weighted by Crippen LogP contribution is 2.14. The number of nitrogens with two attached hydrogens (primary N) is 1. The van der Waals surface area contributed by atoms with Crippen molar-refractivity contribution in [2.45, 2.75) is 13.1 Å². The molecule has 18 heavy (non-hydrogen) atoms. The Labute approximate surface area is 105 Å². The van der Waals surface area contributed by atoms with Crippen LogP contribution < -0.4 is 5.73 Å². The zero-order valence-corrected chi connectivity index (χ0v) is 9.95. The lowest BCUT2D eigenvalue weighted by Gasteiger charge is -2.07. The first-order valence-corrected chi connectivity index (χ1v) is 5.93. The average Bonchev–Trinajstić information content (AvgIpc) is 2.83. The summed E-state index contributed by atoms with van der Waals surface area (Å²) in [6, 6.07) is 16.1. The van der Waals surface area contributed by atoms with E-state index in [9.17, 15) is 0 Å². The Balaban J connectivity index is 2.01. The van der Waals surface area contributed by atoms with Crippen molar-refractivity contribution in [3.05, 3.63) is 59.7 Å². The van der Waals surface area contributed by atoms with Gasteiger partial charge in [-0.2, -0.15) is 0 Å². The molecule has 2 N–H and O–H groups in total. The van der Waals surface area contributed by atoms with Crippen molar-refractivity contribution in [3.63, 3.8) is 0 Å². The van der Waals surface area contributed by atoms with Crippen molar-refractivity contribution in [2.75, 3.05) is 0 Å². The second-order valence-corrected chi connectivity index (χ2v) is 4.21. The smallest absolute Gasteiger partial charge is 0.113 e. The first kappa shape index (κ1) is 10.9. The van der Waals surface area contributed by atoms with Gasteiger partial charge in [-0.3, -0.25) is 0 Å². The van der Waals surface area contributed by atoms with Gasteiger partial charge in [0.15, 0.2) is 0 Å². The fraction of sp³-hybridized carbons (Fsp3) is 0.143. The van der Waals surface area contributed by atoms with E-state index in [0.717, 1.165) is 16.6 Å². The minimum Gasteiger partial charge on any atom is -0.326 e. The lowest BCUT2D eigenvalue weighted by molar-refractivity contribution is 0.665. The van der Waals surface area contributed by atoms with Gasteiger partial charge in [0.05, 0.1) is 12.1 Å². The van der Waals surface area contributed by atoms with Gasteiger partial charge in [0.2, 0.25) is 0 Å². The molecule has 0 aliphatic heterocycles. The molecule has 2 aromatic carbocycles. The minimum atomic E-state index is 0.544. The molecule has 4 heteroatoms. The molecule has 4 nitrogen and oxygen atoms in total. The molecule has 0 saturated carbocycles. The first-order valence-electron chi connectivity index (χ1n) is 5.93. The fourth-order valence-electron chi connectivity index (χ4n) is 2.11. The van der Waals surface area contributed by atoms with Crippen molar-refractivity contribution in [1.82, 2.24) is 15.0 Å². The fourth-order valence-corrected chi connectivity index (χ4v) is 2.11. The van der Waals surface area contributed by atoms with Gasteiger partial charge in [0.1, 0.15) is 5.52 Å². The molecule has 3 rings (SSSR count). The van der Waals surface area contributed by atoms with E-state index in [2.05, 4.69) is 22.4 Å². The summed E-state index contributed by atoms with van der Waals surface area (Å²) in [7, 11) is 0. The van der Waals surface area contributed by atoms with Crippen LogP contribution in [0.4, 0.5) is 0 Å². The second kappa shape index (κ2) is 4.58. The van der Waals surface area contributed by atoms with Crippen LogP contribution in [-0.4, -0.2) is 15.0 Å². The van der Waals surface area contributed by atoms with Gasteiger partial charge >= 0.3 is 0 Å². The molecule has 0 fully saturated rings. The van der Waals surface area contributed by atoms with E-state index in [0.29, 0.717) is 13.1 Å². The summed E-state index contributed by atoms with van der Waals surface area (Å²) in [5.74, 6) is 0. The van der Waals surface area contributed by atoms with Gasteiger partial charge in [-0.1, -0.05) is 41.6 Å². The zero-order valence-electron chi connectivity index (χ0n) is 9.95. The van der Waals surface area contributed by atoms with Crippen LogP contribution in [0.1, 0.15) is 11.1 Å². The molecule has 0 bridgehead atoms. The van der Waals surface area contributed by atoms with Gasteiger partial charge in [-0.15, -0.1) is 5.10 Å². The molecule has 1 heterocycles. The number of hydrogen-bond acceptors (Lipinski definition) is 3. The highest BCUT2D eigenvalue weighted by atomic mass is 15.4. The summed E-state index contributed by atoms with van der Waals surface area (Å²) in [5.41, 5.74) is 10.1. The largest absolute Gasteiger partial charge is 0.326 e. The predicted octanol–water partition coefficient (Wildman–Crippen LogP) is 1.94. The Morgan fingerprint density at radius 1 is 0.944 bits per heavy atom. The second-order valence-electron chi connectivity index (χ2n) is 4.21. The minimum absolute atomic E-state index is 0.544. The van der Waals surface area contributed by atoms with E-state index in [4.69, 9.17) is 5.73 Å². The van der Waals surface area contributed by atoms with Crippen LogP contribution in [0.5, 0.6) is 0 Å². The van der Waals surface area contributed by atoms with Crippen LogP contribution >= 0.6 is 0 Å². The standard InChI is InChI=1S/C14H14N4/c15-9-11-5-1-2-6-12(11)10-18-14-8-4-3-7-13(14)16-17-18/h1-8H,9-10,15H2. The van der Waals surface area contributed by atoms with Crippen LogP contribution in [-0.2, 0) is 13.1 Å². The van der Waals surface area contributed by atoms with Gasteiger partial charge < -0.3 is 5.73 Å². The summed E-state index contributed by atoms with van der Waals surface area (Å²) in [4.78, 5) is 0. The summed E-state index contributed by atoms with van der Waals surface area (Å²) in [5, 5.41) is 8.34. The molecule has 0 radical (unpaired) electrons. The van der Waals surface area contributed by atoms with E-state index >= 15 is 0 Å². The topological polar surface area (TPSA) is 56.7 Å². The Morgan fingerprint density at radius 3 is 2.50 bits per heavy atom. The molecule has 0 spiro atoms. The van der Waals surface area contributed by atoms with Crippen LogP contribution in [0.15, 0.2) is 48.5 Å². The summed E-state index contributed by atoms with van der Waals surface area (Å²) >= 11 is 0. The van der Waals surface area contributed by atoms with Gasteiger partial charge in [0, 0.05) is 6.54 Å². The number of rotatable bonds is 3. The van der Waals surface area contributed by atoms with Crippen LogP contribution in [0.2, 0.25) is 0 Å². The number of benzene rings is 2. The molecule has 0 atom stereocenters. The highest BCUT2D eigenvalue weighted by molar-refractivity contribution is 5.73. The molecular formula is C14H14N4. The van der Waals surface area contributed by atoms with E-state index in [1.807, 2.05) is 41.1 Å². The van der Waals surface area contributed by atoms with Gasteiger partial charge in [-0.25, -0.2) is 4.68 Å². The van der Waals surface area contributed by atoms with Crippen molar-refractivity contribution < 1.29 is 0 Å². The van der Waals surface area contributed by atoms with Crippen LogP contribution in [0, 0.1) is 0 Å². The Morgan fingerprint density at radius 2 is 1.67 bits per heavy atom.